The molecular formula is C25H34N8O3S2. The Bertz CT molecular complexity index is 1400. The summed E-state index contributed by atoms with van der Waals surface area (Å²) in [6.45, 7) is 7.42. The maximum Gasteiger partial charge on any atom is 0.249 e. The van der Waals surface area contributed by atoms with E-state index < -0.39 is 15.1 Å². The molecule has 2 aromatic carbocycles. The van der Waals surface area contributed by atoms with E-state index in [0.717, 1.165) is 31.9 Å². The van der Waals surface area contributed by atoms with E-state index in [1.165, 1.54) is 4.68 Å². The minimum atomic E-state index is -3.45. The van der Waals surface area contributed by atoms with Crippen LogP contribution in [0.25, 0.3) is 0 Å². The first-order chi connectivity index (χ1) is 18.1. The molecule has 0 aliphatic carbocycles. The number of nitrogen functional groups attached to an aromatic ring is 1. The fourth-order valence-corrected chi connectivity index (χ4v) is 5.61. The van der Waals surface area contributed by atoms with Crippen LogP contribution < -0.4 is 26.0 Å². The van der Waals surface area contributed by atoms with Gasteiger partial charge in [-0.15, -0.1) is 5.10 Å². The van der Waals surface area contributed by atoms with Crippen LogP contribution in [0.2, 0.25) is 0 Å². The van der Waals surface area contributed by atoms with Crippen LogP contribution in [-0.4, -0.2) is 78.8 Å². The summed E-state index contributed by atoms with van der Waals surface area (Å²) in [5, 5.41) is 10.2. The van der Waals surface area contributed by atoms with Crippen molar-refractivity contribution in [3.8, 4) is 5.75 Å². The van der Waals surface area contributed by atoms with Crippen molar-refractivity contribution in [2.45, 2.75) is 30.5 Å². The zero-order chi connectivity index (χ0) is 27.4. The van der Waals surface area contributed by atoms with Crippen LogP contribution in [0.5, 0.6) is 5.75 Å². The molecule has 13 heteroatoms. The molecule has 1 aliphatic heterocycles. The number of ether oxygens (including phenoxy) is 1. The summed E-state index contributed by atoms with van der Waals surface area (Å²) in [6, 6.07) is 12.8. The summed E-state index contributed by atoms with van der Waals surface area (Å²) < 4.78 is 32.4. The van der Waals surface area contributed by atoms with Gasteiger partial charge in [-0.05, 0) is 56.9 Å². The normalized spacial score (nSPS) is 14.5. The Morgan fingerprint density at radius 1 is 1.16 bits per heavy atom. The van der Waals surface area contributed by atoms with E-state index in [1.807, 2.05) is 18.2 Å². The van der Waals surface area contributed by atoms with Gasteiger partial charge in [0.1, 0.15) is 5.75 Å². The molecule has 0 amide bonds. The van der Waals surface area contributed by atoms with Gasteiger partial charge in [-0.1, -0.05) is 18.2 Å². The van der Waals surface area contributed by atoms with Gasteiger partial charge in [0.2, 0.25) is 11.9 Å². The molecule has 0 atom stereocenters. The summed E-state index contributed by atoms with van der Waals surface area (Å²) in [6.07, 6.45) is 0. The van der Waals surface area contributed by atoms with Crippen LogP contribution in [0, 0.1) is 0 Å². The standard InChI is InChI=1S/C25H34N8O3S2/c1-17(2)38(34,35)22-8-6-5-7-18(22)16-27-25(37)33-23(26)29-24(30-33)28-20-10-9-19(15-21(20)36-4)32-13-11-31(3)12-14-32/h5-10,15,17H,11-14,16H2,1-4H3,(H,27,37)(H3,26,28,29,30). The highest BCUT2D eigenvalue weighted by Gasteiger charge is 2.23. The predicted molar refractivity (Wildman–Crippen MR) is 154 cm³/mol. The van der Waals surface area contributed by atoms with Crippen molar-refractivity contribution in [1.29, 1.82) is 0 Å². The molecule has 3 aromatic rings. The Morgan fingerprint density at radius 3 is 2.55 bits per heavy atom. The molecule has 0 bridgehead atoms. The first-order valence-corrected chi connectivity index (χ1v) is 14.3. The van der Waals surface area contributed by atoms with Gasteiger partial charge in [-0.3, -0.25) is 0 Å². The van der Waals surface area contributed by atoms with Gasteiger partial charge in [-0.25, -0.2) is 8.42 Å². The molecule has 1 aromatic heterocycles. The molecule has 2 heterocycles. The summed E-state index contributed by atoms with van der Waals surface area (Å²) in [4.78, 5) is 9.18. The maximum absolute atomic E-state index is 12.7. The van der Waals surface area contributed by atoms with Crippen molar-refractivity contribution in [3.63, 3.8) is 0 Å². The lowest BCUT2D eigenvalue weighted by molar-refractivity contribution is 0.312. The van der Waals surface area contributed by atoms with Crippen LogP contribution in [0.4, 0.5) is 23.3 Å². The number of benzene rings is 2. The number of methoxy groups -OCH3 is 1. The number of hydrogen-bond acceptors (Lipinski definition) is 10. The first-order valence-electron chi connectivity index (χ1n) is 12.3. The number of anilines is 4. The van der Waals surface area contributed by atoms with Gasteiger partial charge in [0.25, 0.3) is 0 Å². The van der Waals surface area contributed by atoms with E-state index in [0.29, 0.717) is 17.0 Å². The van der Waals surface area contributed by atoms with E-state index in [9.17, 15) is 8.42 Å². The van der Waals surface area contributed by atoms with Gasteiger partial charge in [0.15, 0.2) is 14.9 Å². The van der Waals surface area contributed by atoms with Crippen LogP contribution in [0.1, 0.15) is 19.4 Å². The molecular weight excluding hydrogens is 524 g/mol. The van der Waals surface area contributed by atoms with Gasteiger partial charge < -0.3 is 30.9 Å². The van der Waals surface area contributed by atoms with Crippen LogP contribution in [0.3, 0.4) is 0 Å². The number of rotatable bonds is 8. The van der Waals surface area contributed by atoms with Gasteiger partial charge in [0, 0.05) is 44.5 Å². The predicted octanol–water partition coefficient (Wildman–Crippen LogP) is 2.47. The van der Waals surface area contributed by atoms with Crippen LogP contribution >= 0.6 is 12.2 Å². The Hall–Kier alpha value is -3.42. The zero-order valence-corrected chi connectivity index (χ0v) is 23.6. The average molecular weight is 559 g/mol. The van der Waals surface area contributed by atoms with E-state index in [1.54, 1.807) is 45.2 Å². The number of sulfone groups is 1. The van der Waals surface area contributed by atoms with Crippen molar-refractivity contribution in [2.24, 2.45) is 0 Å². The molecule has 0 saturated carbocycles. The number of nitrogens with one attached hydrogen (secondary N) is 2. The van der Waals surface area contributed by atoms with E-state index in [4.69, 9.17) is 22.7 Å². The van der Waals surface area contributed by atoms with Crippen LogP contribution in [-0.2, 0) is 16.4 Å². The maximum atomic E-state index is 12.7. The van der Waals surface area contributed by atoms with Crippen molar-refractivity contribution in [2.75, 3.05) is 56.3 Å². The summed E-state index contributed by atoms with van der Waals surface area (Å²) in [7, 11) is 0.293. The quantitative estimate of drug-likeness (QED) is 0.353. The molecule has 204 valence electrons. The smallest absolute Gasteiger partial charge is 0.249 e. The third-order valence-corrected chi connectivity index (χ3v) is 9.02. The third kappa shape index (κ3) is 6.00. The van der Waals surface area contributed by atoms with E-state index in [2.05, 4.69) is 37.6 Å². The average Bonchev–Trinajstić information content (AvgIpc) is 3.27. The molecule has 1 aliphatic rings. The second-order valence-electron chi connectivity index (χ2n) is 9.37. The molecule has 0 spiro atoms. The topological polar surface area (TPSA) is 131 Å². The number of hydrogen-bond donors (Lipinski definition) is 3. The Balaban J connectivity index is 1.46. The minimum absolute atomic E-state index is 0.0844. The van der Waals surface area contributed by atoms with E-state index >= 15 is 0 Å². The molecule has 0 unspecified atom stereocenters. The minimum Gasteiger partial charge on any atom is -0.494 e. The Morgan fingerprint density at radius 2 is 1.87 bits per heavy atom. The molecule has 11 nitrogen and oxygen atoms in total. The highest BCUT2D eigenvalue weighted by atomic mass is 32.2. The number of piperazine rings is 1. The Labute approximate surface area is 228 Å². The van der Waals surface area contributed by atoms with Crippen molar-refractivity contribution in [3.05, 3.63) is 48.0 Å². The molecule has 4 rings (SSSR count). The second-order valence-corrected chi connectivity index (χ2v) is 12.2. The molecule has 4 N–H and O–H groups in total. The lowest BCUT2D eigenvalue weighted by atomic mass is 10.2. The fraction of sp³-hybridized carbons (Fsp3) is 0.400. The largest absolute Gasteiger partial charge is 0.494 e. The number of nitrogens with zero attached hydrogens (tertiary/aromatic N) is 5. The summed E-state index contributed by atoms with van der Waals surface area (Å²) in [5.41, 5.74) is 8.47. The number of likely N-dealkylation sites (N-methyl/N-ethyl adjacent to an activating group) is 1. The lowest BCUT2D eigenvalue weighted by Gasteiger charge is -2.34. The number of thiocarbonyl (C=S) groups is 1. The van der Waals surface area contributed by atoms with Gasteiger partial charge >= 0.3 is 0 Å². The van der Waals surface area contributed by atoms with Crippen molar-refractivity contribution in [1.82, 2.24) is 25.0 Å². The molecule has 38 heavy (non-hydrogen) atoms. The number of aromatic nitrogens is 3. The second kappa shape index (κ2) is 11.5. The van der Waals surface area contributed by atoms with Crippen molar-refractivity contribution < 1.29 is 13.2 Å². The van der Waals surface area contributed by atoms with E-state index in [-0.39, 0.29) is 28.4 Å². The highest BCUT2D eigenvalue weighted by molar-refractivity contribution is 7.92. The summed E-state index contributed by atoms with van der Waals surface area (Å²) >= 11 is 5.48. The van der Waals surface area contributed by atoms with Gasteiger partial charge in [0.05, 0.1) is 22.9 Å². The SMILES string of the molecule is COc1cc(N2CCN(C)CC2)ccc1Nc1nc(N)n(C(=S)NCc2ccccc2S(=O)(=O)C(C)C)n1. The summed E-state index contributed by atoms with van der Waals surface area (Å²) in [5.74, 6) is 0.987. The fourth-order valence-electron chi connectivity index (χ4n) is 4.12. The van der Waals surface area contributed by atoms with Crippen LogP contribution in [0.15, 0.2) is 47.4 Å². The molecule has 1 fully saturated rings. The third-order valence-electron chi connectivity index (χ3n) is 6.45. The Kier molecular flexibility index (Phi) is 8.38. The van der Waals surface area contributed by atoms with Crippen molar-refractivity contribution >= 4 is 50.4 Å². The molecule has 0 radical (unpaired) electrons. The monoisotopic (exact) mass is 558 g/mol. The zero-order valence-electron chi connectivity index (χ0n) is 22.0. The number of nitrogens with two attached hydrogens (primary N) is 1. The molecule has 1 saturated heterocycles. The first kappa shape index (κ1) is 27.6. The lowest BCUT2D eigenvalue weighted by Crippen LogP contribution is -2.44. The highest BCUT2D eigenvalue weighted by Crippen LogP contribution is 2.32. The van der Waals surface area contributed by atoms with Gasteiger partial charge in [-0.2, -0.15) is 9.67 Å².